The van der Waals surface area contributed by atoms with Crippen LogP contribution in [-0.4, -0.2) is 37.1 Å². The van der Waals surface area contributed by atoms with Crippen LogP contribution in [0.4, 0.5) is 0 Å². The highest BCUT2D eigenvalue weighted by Gasteiger charge is 2.27. The largest absolute Gasteiger partial charge is 0.497 e. The van der Waals surface area contributed by atoms with Crippen molar-refractivity contribution in [1.82, 2.24) is 4.90 Å². The summed E-state index contributed by atoms with van der Waals surface area (Å²) in [6, 6.07) is 16.5. The number of rotatable bonds is 5. The highest BCUT2D eigenvalue weighted by molar-refractivity contribution is 5.83. The number of hydrogen-bond donors (Lipinski definition) is 1. The standard InChI is InChI=1S/C20H24N2O3/c1-24-16-7-9-17(10-8-16)25-18-11-13-22(14-12-18)20(23)19(21)15-5-3-2-4-6-15/h2-10,18-19H,11-14,21H2,1H3/t19-/m0/s1. The molecule has 1 amide bonds. The Kier molecular flexibility index (Phi) is 5.56. The molecule has 1 atom stereocenters. The van der Waals surface area contributed by atoms with Crippen molar-refractivity contribution < 1.29 is 14.3 Å². The third-order valence-corrected chi connectivity index (χ3v) is 4.54. The van der Waals surface area contributed by atoms with Crippen LogP contribution in [0, 0.1) is 0 Å². The summed E-state index contributed by atoms with van der Waals surface area (Å²) >= 11 is 0. The van der Waals surface area contributed by atoms with Crippen molar-refractivity contribution in [2.75, 3.05) is 20.2 Å². The Balaban J connectivity index is 1.51. The summed E-state index contributed by atoms with van der Waals surface area (Å²) in [6.07, 6.45) is 1.73. The number of likely N-dealkylation sites (tertiary alicyclic amines) is 1. The lowest BCUT2D eigenvalue weighted by molar-refractivity contribution is -0.134. The lowest BCUT2D eigenvalue weighted by Gasteiger charge is -2.33. The van der Waals surface area contributed by atoms with E-state index >= 15 is 0 Å². The summed E-state index contributed by atoms with van der Waals surface area (Å²) in [4.78, 5) is 14.4. The Morgan fingerprint density at radius 1 is 1.04 bits per heavy atom. The van der Waals surface area contributed by atoms with Gasteiger partial charge in [0.1, 0.15) is 23.6 Å². The lowest BCUT2D eigenvalue weighted by Crippen LogP contribution is -2.45. The predicted octanol–water partition coefficient (Wildman–Crippen LogP) is 2.77. The van der Waals surface area contributed by atoms with E-state index in [4.69, 9.17) is 15.2 Å². The van der Waals surface area contributed by atoms with Crippen LogP contribution < -0.4 is 15.2 Å². The van der Waals surface area contributed by atoms with Gasteiger partial charge < -0.3 is 20.1 Å². The number of carbonyl (C=O) groups excluding carboxylic acids is 1. The zero-order valence-electron chi connectivity index (χ0n) is 14.4. The number of methoxy groups -OCH3 is 1. The molecule has 0 unspecified atom stereocenters. The van der Waals surface area contributed by atoms with E-state index in [0.717, 1.165) is 29.9 Å². The molecule has 0 aromatic heterocycles. The number of hydrogen-bond acceptors (Lipinski definition) is 4. The lowest BCUT2D eigenvalue weighted by atomic mass is 10.0. The van der Waals surface area contributed by atoms with Crippen LogP contribution in [0.1, 0.15) is 24.4 Å². The number of carbonyl (C=O) groups is 1. The molecular weight excluding hydrogens is 316 g/mol. The predicted molar refractivity (Wildman–Crippen MR) is 96.6 cm³/mol. The van der Waals surface area contributed by atoms with Gasteiger partial charge in [0.25, 0.3) is 0 Å². The maximum absolute atomic E-state index is 12.6. The van der Waals surface area contributed by atoms with E-state index in [1.165, 1.54) is 0 Å². The molecular formula is C20H24N2O3. The molecule has 2 N–H and O–H groups in total. The van der Waals surface area contributed by atoms with Crippen molar-refractivity contribution >= 4 is 5.91 Å². The first-order chi connectivity index (χ1) is 12.2. The van der Waals surface area contributed by atoms with Crippen molar-refractivity contribution in [3.05, 3.63) is 60.2 Å². The van der Waals surface area contributed by atoms with Gasteiger partial charge in [0, 0.05) is 25.9 Å². The molecule has 1 aliphatic rings. The van der Waals surface area contributed by atoms with Gasteiger partial charge in [-0.05, 0) is 29.8 Å². The third-order valence-electron chi connectivity index (χ3n) is 4.54. The molecule has 1 heterocycles. The van der Waals surface area contributed by atoms with Gasteiger partial charge in [-0.15, -0.1) is 0 Å². The summed E-state index contributed by atoms with van der Waals surface area (Å²) in [7, 11) is 1.64. The second-order valence-electron chi connectivity index (χ2n) is 6.21. The summed E-state index contributed by atoms with van der Waals surface area (Å²) in [6.45, 7) is 1.33. The van der Waals surface area contributed by atoms with E-state index in [-0.39, 0.29) is 12.0 Å². The maximum Gasteiger partial charge on any atom is 0.244 e. The highest BCUT2D eigenvalue weighted by atomic mass is 16.5. The van der Waals surface area contributed by atoms with Crippen molar-refractivity contribution in [2.24, 2.45) is 5.73 Å². The zero-order valence-corrected chi connectivity index (χ0v) is 14.4. The van der Waals surface area contributed by atoms with Crippen LogP contribution in [0.25, 0.3) is 0 Å². The van der Waals surface area contributed by atoms with Crippen LogP contribution in [0.2, 0.25) is 0 Å². The fourth-order valence-electron chi connectivity index (χ4n) is 3.04. The SMILES string of the molecule is COc1ccc(OC2CCN(C(=O)[C@@H](N)c3ccccc3)CC2)cc1. The van der Waals surface area contributed by atoms with E-state index in [2.05, 4.69) is 0 Å². The monoisotopic (exact) mass is 340 g/mol. The zero-order chi connectivity index (χ0) is 17.6. The van der Waals surface area contributed by atoms with Crippen molar-refractivity contribution in [2.45, 2.75) is 25.0 Å². The van der Waals surface area contributed by atoms with E-state index in [9.17, 15) is 4.79 Å². The molecule has 1 saturated heterocycles. The summed E-state index contributed by atoms with van der Waals surface area (Å²) in [5.41, 5.74) is 6.97. The molecule has 0 aliphatic carbocycles. The Labute approximate surface area is 148 Å². The molecule has 5 heteroatoms. The van der Waals surface area contributed by atoms with Crippen molar-refractivity contribution in [1.29, 1.82) is 0 Å². The Morgan fingerprint density at radius 3 is 2.24 bits per heavy atom. The number of nitrogens with two attached hydrogens (primary N) is 1. The second kappa shape index (κ2) is 8.03. The fraction of sp³-hybridized carbons (Fsp3) is 0.350. The second-order valence-corrected chi connectivity index (χ2v) is 6.21. The third kappa shape index (κ3) is 4.31. The Hall–Kier alpha value is -2.53. The quantitative estimate of drug-likeness (QED) is 0.909. The van der Waals surface area contributed by atoms with Gasteiger partial charge in [-0.1, -0.05) is 30.3 Å². The molecule has 2 aromatic carbocycles. The smallest absolute Gasteiger partial charge is 0.244 e. The average molecular weight is 340 g/mol. The minimum absolute atomic E-state index is 0.0194. The fourth-order valence-corrected chi connectivity index (χ4v) is 3.04. The van der Waals surface area contributed by atoms with Gasteiger partial charge in [0.05, 0.1) is 7.11 Å². The first kappa shape index (κ1) is 17.3. The van der Waals surface area contributed by atoms with E-state index in [1.807, 2.05) is 59.5 Å². The van der Waals surface area contributed by atoms with Crippen LogP contribution in [0.5, 0.6) is 11.5 Å². The maximum atomic E-state index is 12.6. The summed E-state index contributed by atoms with van der Waals surface area (Å²) < 4.78 is 11.2. The van der Waals surface area contributed by atoms with Gasteiger partial charge in [0.2, 0.25) is 5.91 Å². The van der Waals surface area contributed by atoms with Crippen molar-refractivity contribution in [3.8, 4) is 11.5 Å². The first-order valence-corrected chi connectivity index (χ1v) is 8.57. The number of ether oxygens (including phenoxy) is 2. The van der Waals surface area contributed by atoms with Gasteiger partial charge in [-0.3, -0.25) is 4.79 Å². The van der Waals surface area contributed by atoms with Gasteiger partial charge in [-0.2, -0.15) is 0 Å². The Bertz CT molecular complexity index is 680. The van der Waals surface area contributed by atoms with Crippen LogP contribution >= 0.6 is 0 Å². The summed E-state index contributed by atoms with van der Waals surface area (Å²) in [5, 5.41) is 0. The number of nitrogens with zero attached hydrogens (tertiary/aromatic N) is 1. The number of amides is 1. The van der Waals surface area contributed by atoms with Gasteiger partial charge in [-0.25, -0.2) is 0 Å². The molecule has 25 heavy (non-hydrogen) atoms. The van der Waals surface area contributed by atoms with E-state index < -0.39 is 6.04 Å². The average Bonchev–Trinajstić information content (AvgIpc) is 2.69. The van der Waals surface area contributed by atoms with Crippen molar-refractivity contribution in [3.63, 3.8) is 0 Å². The highest BCUT2D eigenvalue weighted by Crippen LogP contribution is 2.23. The van der Waals surface area contributed by atoms with Crippen LogP contribution in [0.15, 0.2) is 54.6 Å². The number of piperidine rings is 1. The normalized spacial score (nSPS) is 16.3. The van der Waals surface area contributed by atoms with Gasteiger partial charge >= 0.3 is 0 Å². The molecule has 0 spiro atoms. The van der Waals surface area contributed by atoms with E-state index in [1.54, 1.807) is 7.11 Å². The molecule has 132 valence electrons. The molecule has 0 bridgehead atoms. The Morgan fingerprint density at radius 2 is 1.64 bits per heavy atom. The topological polar surface area (TPSA) is 64.8 Å². The molecule has 3 rings (SSSR count). The molecule has 1 fully saturated rings. The molecule has 5 nitrogen and oxygen atoms in total. The van der Waals surface area contributed by atoms with Gasteiger partial charge in [0.15, 0.2) is 0 Å². The van der Waals surface area contributed by atoms with Crippen LogP contribution in [-0.2, 0) is 4.79 Å². The summed E-state index contributed by atoms with van der Waals surface area (Å²) in [5.74, 6) is 1.61. The molecule has 0 radical (unpaired) electrons. The number of benzene rings is 2. The minimum atomic E-state index is -0.597. The molecule has 2 aromatic rings. The van der Waals surface area contributed by atoms with E-state index in [0.29, 0.717) is 13.1 Å². The minimum Gasteiger partial charge on any atom is -0.497 e. The first-order valence-electron chi connectivity index (χ1n) is 8.57. The molecule has 1 aliphatic heterocycles. The molecule has 0 saturated carbocycles. The van der Waals surface area contributed by atoms with Crippen LogP contribution in [0.3, 0.4) is 0 Å².